The van der Waals surface area contributed by atoms with Crippen molar-refractivity contribution in [1.82, 2.24) is 15.3 Å². The Labute approximate surface area is 189 Å². The van der Waals surface area contributed by atoms with Crippen molar-refractivity contribution >= 4 is 23.5 Å². The Morgan fingerprint density at radius 2 is 2.03 bits per heavy atom. The fourth-order valence-electron chi connectivity index (χ4n) is 3.38. The average molecular weight is 447 g/mol. The second kappa shape index (κ2) is 10.5. The van der Waals surface area contributed by atoms with E-state index < -0.39 is 0 Å². The van der Waals surface area contributed by atoms with Gasteiger partial charge in [-0.15, -0.1) is 0 Å². The monoisotopic (exact) mass is 446 g/mol. The van der Waals surface area contributed by atoms with Gasteiger partial charge in [-0.3, -0.25) is 4.79 Å². The van der Waals surface area contributed by atoms with E-state index in [1.807, 2.05) is 6.07 Å². The smallest absolute Gasteiger partial charge is 0.287 e. The largest absolute Gasteiger partial charge is 0.455 e. The highest BCUT2D eigenvalue weighted by molar-refractivity contribution is 7.98. The molecule has 7 nitrogen and oxygen atoms in total. The number of ether oxygens (including phenoxy) is 1. The van der Waals surface area contributed by atoms with Gasteiger partial charge in [0.2, 0.25) is 0 Å². The quantitative estimate of drug-likeness (QED) is 0.451. The van der Waals surface area contributed by atoms with E-state index in [0.29, 0.717) is 18.1 Å². The molecule has 0 spiro atoms. The first kappa shape index (κ1) is 23.6. The maximum atomic E-state index is 12.3. The molecule has 1 fully saturated rings. The fraction of sp³-hybridized carbons (Fsp3) is 0.609. The van der Waals surface area contributed by atoms with Crippen LogP contribution in [0.5, 0.6) is 0 Å². The number of hydrogen-bond donors (Lipinski definition) is 1. The minimum Gasteiger partial charge on any atom is -0.455 e. The summed E-state index contributed by atoms with van der Waals surface area (Å²) in [6.45, 7) is 13.8. The number of furan rings is 1. The number of nitrogens with one attached hydrogen (secondary N) is 1. The summed E-state index contributed by atoms with van der Waals surface area (Å²) in [4.78, 5) is 24.1. The van der Waals surface area contributed by atoms with Gasteiger partial charge in [0.15, 0.2) is 10.9 Å². The molecule has 1 saturated heterocycles. The van der Waals surface area contributed by atoms with Gasteiger partial charge in [0, 0.05) is 37.7 Å². The molecule has 8 heteroatoms. The van der Waals surface area contributed by atoms with Crippen molar-refractivity contribution in [3.05, 3.63) is 35.4 Å². The van der Waals surface area contributed by atoms with Gasteiger partial charge in [-0.05, 0) is 38.8 Å². The van der Waals surface area contributed by atoms with Crippen molar-refractivity contribution in [2.45, 2.75) is 69.9 Å². The summed E-state index contributed by atoms with van der Waals surface area (Å²) in [6, 6.07) is 5.64. The van der Waals surface area contributed by atoms with Gasteiger partial charge in [0.1, 0.15) is 11.6 Å². The summed E-state index contributed by atoms with van der Waals surface area (Å²) in [5.41, 5.74) is 0.944. The van der Waals surface area contributed by atoms with Gasteiger partial charge < -0.3 is 19.4 Å². The minimum absolute atomic E-state index is 0.0703. The Kier molecular flexibility index (Phi) is 8.00. The van der Waals surface area contributed by atoms with Crippen LogP contribution >= 0.6 is 11.8 Å². The lowest BCUT2D eigenvalue weighted by Crippen LogP contribution is -2.31. The van der Waals surface area contributed by atoms with E-state index in [0.717, 1.165) is 55.0 Å². The predicted molar refractivity (Wildman–Crippen MR) is 124 cm³/mol. The third-order valence-electron chi connectivity index (χ3n) is 5.29. The van der Waals surface area contributed by atoms with Crippen molar-refractivity contribution in [3.63, 3.8) is 0 Å². The van der Waals surface area contributed by atoms with Crippen molar-refractivity contribution in [2.75, 3.05) is 31.1 Å². The molecule has 3 heterocycles. The summed E-state index contributed by atoms with van der Waals surface area (Å²) in [5, 5.41) is 3.61. The average Bonchev–Trinajstić information content (AvgIpc) is 3.43. The molecule has 0 aromatic carbocycles. The van der Waals surface area contributed by atoms with Gasteiger partial charge in [-0.25, -0.2) is 9.97 Å². The number of rotatable bonds is 9. The van der Waals surface area contributed by atoms with Gasteiger partial charge >= 0.3 is 0 Å². The first-order chi connectivity index (χ1) is 14.8. The highest BCUT2D eigenvalue weighted by atomic mass is 32.2. The van der Waals surface area contributed by atoms with Gasteiger partial charge in [-0.1, -0.05) is 32.5 Å². The number of nitrogens with zero attached hydrogens (tertiary/aromatic N) is 3. The third kappa shape index (κ3) is 6.46. The molecule has 1 unspecified atom stereocenters. The van der Waals surface area contributed by atoms with E-state index in [1.54, 1.807) is 6.07 Å². The Morgan fingerprint density at radius 1 is 1.26 bits per heavy atom. The molecule has 3 rings (SSSR count). The van der Waals surface area contributed by atoms with E-state index in [2.05, 4.69) is 50.9 Å². The van der Waals surface area contributed by atoms with Crippen LogP contribution in [-0.4, -0.2) is 48.2 Å². The fourth-order valence-corrected chi connectivity index (χ4v) is 4.13. The third-order valence-corrected chi connectivity index (χ3v) is 6.16. The number of amides is 1. The molecule has 1 aliphatic heterocycles. The van der Waals surface area contributed by atoms with Crippen LogP contribution in [0.3, 0.4) is 0 Å². The van der Waals surface area contributed by atoms with E-state index in [4.69, 9.17) is 19.1 Å². The van der Waals surface area contributed by atoms with Gasteiger partial charge in [0.25, 0.3) is 5.91 Å². The Balaban J connectivity index is 1.65. The molecule has 1 N–H and O–H groups in total. The number of carbonyl (C=O) groups excluding carboxylic acids is 1. The van der Waals surface area contributed by atoms with Crippen molar-refractivity contribution in [2.24, 2.45) is 0 Å². The number of carbonyl (C=O) groups is 1. The second-order valence-electron chi connectivity index (χ2n) is 8.72. The van der Waals surface area contributed by atoms with Crippen molar-refractivity contribution in [1.29, 1.82) is 0 Å². The lowest BCUT2D eigenvalue weighted by atomic mass is 9.92. The van der Waals surface area contributed by atoms with Gasteiger partial charge in [-0.2, -0.15) is 0 Å². The van der Waals surface area contributed by atoms with Crippen LogP contribution in [0, 0.1) is 0 Å². The summed E-state index contributed by atoms with van der Waals surface area (Å²) in [5.74, 6) is 2.34. The van der Waals surface area contributed by atoms with E-state index in [1.165, 1.54) is 11.8 Å². The highest BCUT2D eigenvalue weighted by Gasteiger charge is 2.21. The number of aromatic nitrogens is 2. The molecular formula is C23H34N4O3S. The van der Waals surface area contributed by atoms with Crippen molar-refractivity contribution < 1.29 is 13.9 Å². The maximum Gasteiger partial charge on any atom is 0.287 e. The molecule has 0 radical (unpaired) electrons. The number of anilines is 1. The Hall–Kier alpha value is -2.06. The summed E-state index contributed by atoms with van der Waals surface area (Å²) in [6.07, 6.45) is 2.15. The molecular weight excluding hydrogens is 412 g/mol. The SMILES string of the molecule is CCN(CC)c1cc(C(C)(C)C)nc(SCc2ccc(C(=O)NCC3CCCO3)o2)n1. The second-order valence-corrected chi connectivity index (χ2v) is 9.66. The topological polar surface area (TPSA) is 80.5 Å². The summed E-state index contributed by atoms with van der Waals surface area (Å²) in [7, 11) is 0. The normalized spacial score (nSPS) is 16.5. The highest BCUT2D eigenvalue weighted by Crippen LogP contribution is 2.28. The number of thioether (sulfide) groups is 1. The molecule has 2 aromatic heterocycles. The molecule has 31 heavy (non-hydrogen) atoms. The van der Waals surface area contributed by atoms with Crippen LogP contribution in [0.1, 0.15) is 69.5 Å². The lowest BCUT2D eigenvalue weighted by Gasteiger charge is -2.24. The first-order valence-electron chi connectivity index (χ1n) is 11.1. The molecule has 0 bridgehead atoms. The van der Waals surface area contributed by atoms with E-state index in [9.17, 15) is 4.79 Å². The first-order valence-corrected chi connectivity index (χ1v) is 12.0. The molecule has 2 aromatic rings. The van der Waals surface area contributed by atoms with Crippen LogP contribution in [-0.2, 0) is 15.9 Å². The lowest BCUT2D eigenvalue weighted by molar-refractivity contribution is 0.0834. The molecule has 1 amide bonds. The summed E-state index contributed by atoms with van der Waals surface area (Å²) >= 11 is 1.52. The molecule has 1 aliphatic rings. The Bertz CT molecular complexity index is 868. The van der Waals surface area contributed by atoms with Crippen LogP contribution < -0.4 is 10.2 Å². The molecule has 170 valence electrons. The minimum atomic E-state index is -0.207. The van der Waals surface area contributed by atoms with E-state index >= 15 is 0 Å². The zero-order valence-electron chi connectivity index (χ0n) is 19.2. The Morgan fingerprint density at radius 3 is 2.68 bits per heavy atom. The standard InChI is InChI=1S/C23H34N4O3S/c1-6-27(7-2)20-13-19(23(3,4)5)25-22(26-20)31-15-17-10-11-18(30-17)21(28)24-14-16-9-8-12-29-16/h10-11,13,16H,6-9,12,14-15H2,1-5H3,(H,24,28). The molecule has 0 saturated carbocycles. The van der Waals surface area contributed by atoms with Gasteiger partial charge in [0.05, 0.1) is 17.6 Å². The van der Waals surface area contributed by atoms with Crippen LogP contribution in [0.2, 0.25) is 0 Å². The summed E-state index contributed by atoms with van der Waals surface area (Å²) < 4.78 is 11.3. The van der Waals surface area contributed by atoms with E-state index in [-0.39, 0.29) is 17.4 Å². The van der Waals surface area contributed by atoms with Crippen LogP contribution in [0.25, 0.3) is 0 Å². The molecule has 1 atom stereocenters. The zero-order valence-corrected chi connectivity index (χ0v) is 20.1. The maximum absolute atomic E-state index is 12.3. The zero-order chi connectivity index (χ0) is 22.4. The van der Waals surface area contributed by atoms with Crippen molar-refractivity contribution in [3.8, 4) is 0 Å². The predicted octanol–water partition coefficient (Wildman–Crippen LogP) is 4.41. The van der Waals surface area contributed by atoms with Crippen LogP contribution in [0.15, 0.2) is 27.8 Å². The van der Waals surface area contributed by atoms with Crippen LogP contribution in [0.4, 0.5) is 5.82 Å². The molecule has 0 aliphatic carbocycles. The number of hydrogen-bond acceptors (Lipinski definition) is 7.